The van der Waals surface area contributed by atoms with E-state index < -0.39 is 0 Å². The number of pyridine rings is 1. The van der Waals surface area contributed by atoms with Gasteiger partial charge in [0.2, 0.25) is 0 Å². The predicted octanol–water partition coefficient (Wildman–Crippen LogP) is 3.48. The fourth-order valence-corrected chi connectivity index (χ4v) is 5.19. The van der Waals surface area contributed by atoms with Crippen molar-refractivity contribution in [1.29, 1.82) is 0 Å². The third-order valence-corrected chi connectivity index (χ3v) is 6.70. The van der Waals surface area contributed by atoms with Crippen molar-refractivity contribution in [1.82, 2.24) is 15.2 Å². The second-order valence-corrected chi connectivity index (χ2v) is 8.36. The minimum atomic E-state index is -0.0716. The Morgan fingerprint density at radius 3 is 2.83 bits per heavy atom. The molecule has 0 aliphatic carbocycles. The summed E-state index contributed by atoms with van der Waals surface area (Å²) in [6.07, 6.45) is 5.19. The Kier molecular flexibility index (Phi) is 5.49. The van der Waals surface area contributed by atoms with Gasteiger partial charge in [0, 0.05) is 30.5 Å². The molecule has 4 rings (SSSR count). The molecule has 0 radical (unpaired) electrons. The van der Waals surface area contributed by atoms with Crippen molar-refractivity contribution in [2.24, 2.45) is 0 Å². The third kappa shape index (κ3) is 3.82. The van der Waals surface area contributed by atoms with E-state index in [4.69, 9.17) is 5.73 Å². The van der Waals surface area contributed by atoms with Crippen LogP contribution in [-0.4, -0.2) is 41.3 Å². The monoisotopic (exact) mass is 408 g/mol. The minimum Gasteiger partial charge on any atom is -0.384 e. The van der Waals surface area contributed by atoms with Gasteiger partial charge in [-0.15, -0.1) is 11.3 Å². The number of thiophene rings is 1. The van der Waals surface area contributed by atoms with Gasteiger partial charge in [-0.3, -0.25) is 9.59 Å². The molecule has 1 atom stereocenters. The quantitative estimate of drug-likeness (QED) is 0.692. The lowest BCUT2D eigenvalue weighted by molar-refractivity contribution is 0.0613. The molecule has 2 aromatic heterocycles. The largest absolute Gasteiger partial charge is 0.384 e. The molecule has 3 aromatic rings. The third-order valence-electron chi connectivity index (χ3n) is 5.49. The number of benzene rings is 1. The van der Waals surface area contributed by atoms with Crippen molar-refractivity contribution in [2.45, 2.75) is 31.7 Å². The molecular weight excluding hydrogens is 384 g/mol. The van der Waals surface area contributed by atoms with Crippen LogP contribution in [0.1, 0.15) is 44.9 Å². The minimum absolute atomic E-state index is 0.0248. The summed E-state index contributed by atoms with van der Waals surface area (Å²) in [6.45, 7) is 0.714. The van der Waals surface area contributed by atoms with Crippen molar-refractivity contribution in [3.05, 3.63) is 58.6 Å². The number of nitrogens with two attached hydrogens (primary N) is 1. The van der Waals surface area contributed by atoms with Crippen LogP contribution in [0, 0.1) is 0 Å². The van der Waals surface area contributed by atoms with Crippen LogP contribution in [0.5, 0.6) is 0 Å². The second kappa shape index (κ2) is 8.21. The maximum Gasteiger partial charge on any atom is 0.261 e. The molecule has 0 bridgehead atoms. The number of piperidine rings is 1. The maximum atomic E-state index is 13.2. The van der Waals surface area contributed by atoms with Gasteiger partial charge in [-0.1, -0.05) is 18.2 Å². The van der Waals surface area contributed by atoms with E-state index in [2.05, 4.69) is 16.4 Å². The van der Waals surface area contributed by atoms with E-state index in [1.54, 1.807) is 25.4 Å². The molecule has 3 heterocycles. The number of fused-ring (bicyclic) bond motifs is 1. The molecule has 7 heteroatoms. The number of amides is 2. The van der Waals surface area contributed by atoms with Crippen LogP contribution in [0.25, 0.3) is 10.1 Å². The number of anilines is 1. The highest BCUT2D eigenvalue weighted by Gasteiger charge is 2.30. The van der Waals surface area contributed by atoms with Crippen LogP contribution in [-0.2, 0) is 6.42 Å². The lowest BCUT2D eigenvalue weighted by atomic mass is 9.93. The van der Waals surface area contributed by atoms with E-state index in [0.717, 1.165) is 39.8 Å². The number of aromatic nitrogens is 1. The predicted molar refractivity (Wildman–Crippen MR) is 116 cm³/mol. The highest BCUT2D eigenvalue weighted by Crippen LogP contribution is 2.34. The SMILES string of the molecule is CNC(=O)c1sc2ccccc2c1C[C@@H]1CCCCN1C(=O)c1ccc(N)nc1. The number of nitrogen functional groups attached to an aromatic ring is 1. The Hall–Kier alpha value is -2.93. The van der Waals surface area contributed by atoms with Crippen molar-refractivity contribution in [3.63, 3.8) is 0 Å². The Morgan fingerprint density at radius 2 is 2.07 bits per heavy atom. The molecule has 1 aliphatic rings. The molecule has 1 aromatic carbocycles. The maximum absolute atomic E-state index is 13.2. The zero-order valence-electron chi connectivity index (χ0n) is 16.4. The number of carbonyl (C=O) groups is 2. The number of hydrogen-bond acceptors (Lipinski definition) is 5. The van der Waals surface area contributed by atoms with Crippen LogP contribution < -0.4 is 11.1 Å². The van der Waals surface area contributed by atoms with Crippen LogP contribution in [0.3, 0.4) is 0 Å². The number of nitrogens with zero attached hydrogens (tertiary/aromatic N) is 2. The van der Waals surface area contributed by atoms with E-state index in [1.165, 1.54) is 11.3 Å². The van der Waals surface area contributed by atoms with Gasteiger partial charge in [0.05, 0.1) is 10.4 Å². The molecule has 1 fully saturated rings. The van der Waals surface area contributed by atoms with Crippen molar-refractivity contribution in [2.75, 3.05) is 19.3 Å². The molecule has 0 unspecified atom stereocenters. The van der Waals surface area contributed by atoms with Gasteiger partial charge in [-0.05, 0) is 54.8 Å². The first kappa shape index (κ1) is 19.4. The lowest BCUT2D eigenvalue weighted by Crippen LogP contribution is -2.45. The molecule has 150 valence electrons. The average Bonchev–Trinajstić information content (AvgIpc) is 3.12. The summed E-state index contributed by atoms with van der Waals surface area (Å²) in [5.41, 5.74) is 7.24. The average molecular weight is 409 g/mol. The van der Waals surface area contributed by atoms with Gasteiger partial charge in [-0.25, -0.2) is 4.98 Å². The fourth-order valence-electron chi connectivity index (χ4n) is 4.01. The Morgan fingerprint density at radius 1 is 1.24 bits per heavy atom. The molecule has 1 aliphatic heterocycles. The van der Waals surface area contributed by atoms with E-state index in [0.29, 0.717) is 24.3 Å². The molecule has 1 saturated heterocycles. The number of hydrogen-bond donors (Lipinski definition) is 2. The Labute approximate surface area is 173 Å². The van der Waals surface area contributed by atoms with Gasteiger partial charge in [0.25, 0.3) is 11.8 Å². The van der Waals surface area contributed by atoms with Gasteiger partial charge < -0.3 is 16.0 Å². The first-order chi connectivity index (χ1) is 14.1. The Bertz CT molecular complexity index is 1040. The van der Waals surface area contributed by atoms with Gasteiger partial charge in [0.15, 0.2) is 0 Å². The Balaban J connectivity index is 1.67. The fraction of sp³-hybridized carbons (Fsp3) is 0.318. The molecule has 2 amide bonds. The number of rotatable bonds is 4. The van der Waals surface area contributed by atoms with Crippen molar-refractivity contribution >= 4 is 39.1 Å². The smallest absolute Gasteiger partial charge is 0.261 e. The summed E-state index contributed by atoms with van der Waals surface area (Å²) in [7, 11) is 1.65. The molecule has 0 saturated carbocycles. The highest BCUT2D eigenvalue weighted by atomic mass is 32.1. The second-order valence-electron chi connectivity index (χ2n) is 7.31. The van der Waals surface area contributed by atoms with Gasteiger partial charge >= 0.3 is 0 Å². The first-order valence-electron chi connectivity index (χ1n) is 9.83. The van der Waals surface area contributed by atoms with Gasteiger partial charge in [0.1, 0.15) is 5.82 Å². The molecule has 6 nitrogen and oxygen atoms in total. The topological polar surface area (TPSA) is 88.3 Å². The summed E-state index contributed by atoms with van der Waals surface area (Å²) in [5.74, 6) is 0.303. The highest BCUT2D eigenvalue weighted by molar-refractivity contribution is 7.21. The van der Waals surface area contributed by atoms with Gasteiger partial charge in [-0.2, -0.15) is 0 Å². The van der Waals surface area contributed by atoms with E-state index in [9.17, 15) is 9.59 Å². The normalized spacial score (nSPS) is 16.7. The van der Waals surface area contributed by atoms with E-state index in [-0.39, 0.29) is 17.9 Å². The summed E-state index contributed by atoms with van der Waals surface area (Å²) < 4.78 is 1.09. The van der Waals surface area contributed by atoms with Crippen LogP contribution in [0.2, 0.25) is 0 Å². The number of nitrogens with one attached hydrogen (secondary N) is 1. The molecule has 29 heavy (non-hydrogen) atoms. The molecule has 3 N–H and O–H groups in total. The molecule has 0 spiro atoms. The van der Waals surface area contributed by atoms with E-state index >= 15 is 0 Å². The van der Waals surface area contributed by atoms with E-state index in [1.807, 2.05) is 23.1 Å². The van der Waals surface area contributed by atoms with Crippen LogP contribution >= 0.6 is 11.3 Å². The lowest BCUT2D eigenvalue weighted by Gasteiger charge is -2.36. The summed E-state index contributed by atoms with van der Waals surface area (Å²) >= 11 is 1.51. The first-order valence-corrected chi connectivity index (χ1v) is 10.6. The zero-order valence-corrected chi connectivity index (χ0v) is 17.2. The van der Waals surface area contributed by atoms with Crippen molar-refractivity contribution < 1.29 is 9.59 Å². The summed E-state index contributed by atoms with van der Waals surface area (Å²) in [4.78, 5) is 32.4. The number of carbonyl (C=O) groups excluding carboxylic acids is 2. The van der Waals surface area contributed by atoms with Crippen LogP contribution in [0.15, 0.2) is 42.6 Å². The molecular formula is C22H24N4O2S. The summed E-state index contributed by atoms with van der Waals surface area (Å²) in [6, 6.07) is 11.5. The number of likely N-dealkylation sites (tertiary alicyclic amines) is 1. The summed E-state index contributed by atoms with van der Waals surface area (Å²) in [5, 5.41) is 3.86. The zero-order chi connectivity index (χ0) is 20.4. The van der Waals surface area contributed by atoms with Crippen LogP contribution in [0.4, 0.5) is 5.82 Å². The van der Waals surface area contributed by atoms with Crippen molar-refractivity contribution in [3.8, 4) is 0 Å². The standard InChI is InChI=1S/C22H24N4O2S/c1-24-21(27)20-17(16-7-2-3-8-18(16)29-20)12-15-6-4-5-11-26(15)22(28)14-9-10-19(23)25-13-14/h2-3,7-10,13,15H,4-6,11-12H2,1H3,(H2,23,25)(H,24,27)/t15-/m0/s1.